The van der Waals surface area contributed by atoms with Crippen LogP contribution in [0.1, 0.15) is 43.4 Å². The van der Waals surface area contributed by atoms with Gasteiger partial charge in [0.1, 0.15) is 11.5 Å². The monoisotopic (exact) mass is 545 g/mol. The lowest BCUT2D eigenvalue weighted by molar-refractivity contribution is -0.134. The van der Waals surface area contributed by atoms with Crippen molar-refractivity contribution in [2.75, 3.05) is 7.11 Å². The molecule has 41 heavy (non-hydrogen) atoms. The summed E-state index contributed by atoms with van der Waals surface area (Å²) >= 11 is 0. The molecule has 2 aliphatic carbocycles. The molecule has 1 heterocycles. The number of carbonyl (C=O) groups is 2. The summed E-state index contributed by atoms with van der Waals surface area (Å²) in [5.74, 6) is 0.369. The lowest BCUT2D eigenvalue weighted by Gasteiger charge is -2.34. The van der Waals surface area contributed by atoms with E-state index in [1.54, 1.807) is 31.4 Å². The summed E-state index contributed by atoms with van der Waals surface area (Å²) in [4.78, 5) is 31.3. The third-order valence-corrected chi connectivity index (χ3v) is 7.97. The number of fused-ring (bicyclic) bond motifs is 4. The third-order valence-electron chi connectivity index (χ3n) is 7.97. The first-order valence-electron chi connectivity index (χ1n) is 13.9. The highest BCUT2D eigenvalue weighted by molar-refractivity contribution is 5.94. The molecule has 3 aromatic carbocycles. The van der Waals surface area contributed by atoms with Gasteiger partial charge in [0.2, 0.25) is 0 Å². The minimum Gasteiger partial charge on any atom is -0.427 e. The highest BCUT2D eigenvalue weighted by Crippen LogP contribution is 2.56. The Kier molecular flexibility index (Phi) is 7.49. The van der Waals surface area contributed by atoms with Crippen molar-refractivity contribution < 1.29 is 23.8 Å². The molecule has 0 radical (unpaired) electrons. The van der Waals surface area contributed by atoms with Gasteiger partial charge in [0.25, 0.3) is 0 Å². The zero-order valence-electron chi connectivity index (χ0n) is 22.9. The van der Waals surface area contributed by atoms with Gasteiger partial charge in [-0.3, -0.25) is 9.59 Å². The molecule has 0 N–H and O–H groups in total. The Morgan fingerprint density at radius 1 is 0.829 bits per heavy atom. The second-order valence-electron chi connectivity index (χ2n) is 10.4. The molecule has 1 aromatic heterocycles. The summed E-state index contributed by atoms with van der Waals surface area (Å²) in [5, 5.41) is 1.01. The van der Waals surface area contributed by atoms with E-state index in [1.807, 2.05) is 60.7 Å². The van der Waals surface area contributed by atoms with Gasteiger partial charge in [-0.05, 0) is 66.8 Å². The summed E-state index contributed by atoms with van der Waals surface area (Å²) in [5.41, 5.74) is 4.27. The van der Waals surface area contributed by atoms with Crippen molar-refractivity contribution in [3.8, 4) is 11.5 Å². The predicted octanol–water partition coefficient (Wildman–Crippen LogP) is 6.99. The van der Waals surface area contributed by atoms with Crippen LogP contribution in [0.4, 0.5) is 0 Å². The molecule has 1 unspecified atom stereocenters. The van der Waals surface area contributed by atoms with Crippen LogP contribution >= 0.6 is 0 Å². The fourth-order valence-corrected chi connectivity index (χ4v) is 5.96. The second kappa shape index (κ2) is 11.5. The molecular weight excluding hydrogens is 514 g/mol. The molecule has 2 aliphatic rings. The molecule has 4 aromatic rings. The van der Waals surface area contributed by atoms with Gasteiger partial charge in [-0.25, -0.2) is 4.98 Å². The highest BCUT2D eigenvalue weighted by Gasteiger charge is 2.48. The Labute approximate surface area is 239 Å². The highest BCUT2D eigenvalue weighted by atomic mass is 16.5. The SMILES string of the molecule is COC1C=C2C(=CC1)c1nc3ccccc3cc1C2(CCC(=O)Oc1ccccc1)CCC(=O)Oc1ccccc1. The number of methoxy groups -OCH3 is 1. The van der Waals surface area contributed by atoms with E-state index in [0.717, 1.165) is 39.7 Å². The summed E-state index contributed by atoms with van der Waals surface area (Å²) in [6.45, 7) is 0. The van der Waals surface area contributed by atoms with Crippen LogP contribution in [-0.2, 0) is 19.7 Å². The summed E-state index contributed by atoms with van der Waals surface area (Å²) in [6.07, 6.45) is 6.17. The van der Waals surface area contributed by atoms with E-state index in [2.05, 4.69) is 18.2 Å². The first-order valence-corrected chi connectivity index (χ1v) is 13.9. The van der Waals surface area contributed by atoms with Crippen LogP contribution in [0.5, 0.6) is 11.5 Å². The van der Waals surface area contributed by atoms with Gasteiger partial charge in [-0.1, -0.05) is 66.7 Å². The minimum atomic E-state index is -0.652. The molecule has 6 rings (SSSR count). The Morgan fingerprint density at radius 2 is 1.41 bits per heavy atom. The lowest BCUT2D eigenvalue weighted by atomic mass is 9.70. The standard InChI is InChI=1S/C35H31NO5/c1-39-27-16-17-28-29(23-27)35(20-18-32(37)40-25-11-4-2-5-12-25,21-19-33(38)41-26-13-6-3-7-14-26)30-22-24-10-8-9-15-31(24)36-34(28)30/h2-15,17,22-23,27H,16,18-21H2,1H3. The van der Waals surface area contributed by atoms with Crippen molar-refractivity contribution in [1.82, 2.24) is 4.98 Å². The number of hydrogen-bond acceptors (Lipinski definition) is 6. The van der Waals surface area contributed by atoms with Gasteiger partial charge in [0, 0.05) is 36.3 Å². The van der Waals surface area contributed by atoms with E-state index < -0.39 is 5.41 Å². The molecule has 1 atom stereocenters. The smallest absolute Gasteiger partial charge is 0.311 e. The lowest BCUT2D eigenvalue weighted by Crippen LogP contribution is -2.30. The van der Waals surface area contributed by atoms with Gasteiger partial charge >= 0.3 is 11.9 Å². The molecule has 0 amide bonds. The Hall–Kier alpha value is -4.55. The number of para-hydroxylation sites is 3. The number of hydrogen-bond donors (Lipinski definition) is 0. The zero-order chi connectivity index (χ0) is 28.2. The number of rotatable bonds is 9. The van der Waals surface area contributed by atoms with Crippen LogP contribution in [-0.4, -0.2) is 30.1 Å². The number of benzene rings is 3. The maximum atomic E-state index is 13.1. The number of pyridine rings is 1. The fraction of sp³-hybridized carbons (Fsp3) is 0.229. The third kappa shape index (κ3) is 5.43. The van der Waals surface area contributed by atoms with Crippen LogP contribution in [0.15, 0.2) is 109 Å². The van der Waals surface area contributed by atoms with Gasteiger partial charge in [-0.2, -0.15) is 0 Å². The van der Waals surface area contributed by atoms with E-state index in [0.29, 0.717) is 24.3 Å². The van der Waals surface area contributed by atoms with Crippen molar-refractivity contribution >= 4 is 28.4 Å². The van der Waals surface area contributed by atoms with E-state index in [-0.39, 0.29) is 30.9 Å². The number of aromatic nitrogens is 1. The maximum absolute atomic E-state index is 13.1. The predicted molar refractivity (Wildman–Crippen MR) is 158 cm³/mol. The molecule has 206 valence electrons. The van der Waals surface area contributed by atoms with Crippen LogP contribution < -0.4 is 9.47 Å². The van der Waals surface area contributed by atoms with E-state index >= 15 is 0 Å². The minimum absolute atomic E-state index is 0.107. The Morgan fingerprint density at radius 3 is 2.02 bits per heavy atom. The van der Waals surface area contributed by atoms with Crippen molar-refractivity contribution in [3.63, 3.8) is 0 Å². The summed E-state index contributed by atoms with van der Waals surface area (Å²) in [7, 11) is 1.70. The number of nitrogens with zero attached hydrogens (tertiary/aromatic N) is 1. The first kappa shape index (κ1) is 26.7. The number of esters is 2. The van der Waals surface area contributed by atoms with Crippen molar-refractivity contribution in [2.24, 2.45) is 0 Å². The van der Waals surface area contributed by atoms with Gasteiger partial charge in [0.15, 0.2) is 0 Å². The Balaban J connectivity index is 1.39. The van der Waals surface area contributed by atoms with Crippen LogP contribution in [0.25, 0.3) is 16.5 Å². The van der Waals surface area contributed by atoms with E-state index in [1.165, 1.54) is 0 Å². The molecule has 0 aliphatic heterocycles. The molecule has 0 spiro atoms. The van der Waals surface area contributed by atoms with Crippen LogP contribution in [0.2, 0.25) is 0 Å². The van der Waals surface area contributed by atoms with Crippen LogP contribution in [0.3, 0.4) is 0 Å². The topological polar surface area (TPSA) is 74.7 Å². The van der Waals surface area contributed by atoms with E-state index in [9.17, 15) is 9.59 Å². The van der Waals surface area contributed by atoms with Crippen molar-refractivity contribution in [1.29, 1.82) is 0 Å². The van der Waals surface area contributed by atoms with Gasteiger partial charge < -0.3 is 14.2 Å². The molecule has 6 nitrogen and oxygen atoms in total. The molecule has 0 saturated heterocycles. The van der Waals surface area contributed by atoms with Crippen molar-refractivity contribution in [3.05, 3.63) is 120 Å². The van der Waals surface area contributed by atoms with Gasteiger partial charge in [-0.15, -0.1) is 0 Å². The summed E-state index contributed by atoms with van der Waals surface area (Å²) in [6, 6.07) is 28.4. The average Bonchev–Trinajstić information content (AvgIpc) is 3.27. The van der Waals surface area contributed by atoms with Crippen LogP contribution in [0, 0.1) is 0 Å². The second-order valence-corrected chi connectivity index (χ2v) is 10.4. The molecule has 6 heteroatoms. The average molecular weight is 546 g/mol. The number of ether oxygens (including phenoxy) is 3. The number of allylic oxidation sites excluding steroid dienone is 2. The van der Waals surface area contributed by atoms with Crippen molar-refractivity contribution in [2.45, 2.75) is 43.6 Å². The normalized spacial score (nSPS) is 16.8. The zero-order valence-corrected chi connectivity index (χ0v) is 22.9. The molecule has 0 saturated carbocycles. The first-order chi connectivity index (χ1) is 20.1. The summed E-state index contributed by atoms with van der Waals surface area (Å²) < 4.78 is 17.1. The fourth-order valence-electron chi connectivity index (χ4n) is 5.96. The molecule has 0 bridgehead atoms. The molecular formula is C35H31NO5. The molecule has 0 fully saturated rings. The quantitative estimate of drug-likeness (QED) is 0.167. The largest absolute Gasteiger partial charge is 0.427 e. The Bertz CT molecular complexity index is 1580. The van der Waals surface area contributed by atoms with Gasteiger partial charge in [0.05, 0.1) is 17.3 Å². The maximum Gasteiger partial charge on any atom is 0.311 e. The van der Waals surface area contributed by atoms with E-state index in [4.69, 9.17) is 19.2 Å². The number of carbonyl (C=O) groups excluding carboxylic acids is 2.